The maximum atomic E-state index is 10.6. The minimum Gasteiger partial charge on any atom is -0.480 e. The molecule has 0 unspecified atom stereocenters. The number of hydrogen-bond donors (Lipinski definition) is 1. The van der Waals surface area contributed by atoms with Gasteiger partial charge in [0.1, 0.15) is 0 Å². The molecule has 0 bridgehead atoms. The molecular weight excluding hydrogens is 346 g/mol. The van der Waals surface area contributed by atoms with E-state index in [9.17, 15) is 4.79 Å². The van der Waals surface area contributed by atoms with Crippen LogP contribution < -0.4 is 0 Å². The van der Waals surface area contributed by atoms with Crippen LogP contribution in [0.5, 0.6) is 0 Å². The molecule has 0 saturated carbocycles. The number of halogens is 2. The molecule has 0 spiro atoms. The summed E-state index contributed by atoms with van der Waals surface area (Å²) in [7, 11) is 0. The number of nitrogens with zero attached hydrogens (tertiary/aromatic N) is 1. The first kappa shape index (κ1) is 13.2. The number of carboxylic acids is 1. The van der Waals surface area contributed by atoms with E-state index < -0.39 is 5.97 Å². The van der Waals surface area contributed by atoms with Gasteiger partial charge in [-0.25, -0.2) is 0 Å². The Hall–Kier alpha value is 0.0900. The number of likely N-dealkylation sites (N-methyl/N-ethyl adjacent to an activating group) is 1. The summed E-state index contributed by atoms with van der Waals surface area (Å²) in [4.78, 5) is 13.6. The molecule has 0 saturated heterocycles. The van der Waals surface area contributed by atoms with Crippen molar-refractivity contribution >= 4 is 49.2 Å². The zero-order chi connectivity index (χ0) is 11.4. The molecule has 1 aromatic heterocycles. The summed E-state index contributed by atoms with van der Waals surface area (Å²) < 4.78 is 2.07. The van der Waals surface area contributed by atoms with Gasteiger partial charge in [0.2, 0.25) is 0 Å². The van der Waals surface area contributed by atoms with E-state index in [1.54, 1.807) is 11.3 Å². The Kier molecular flexibility index (Phi) is 5.25. The minimum absolute atomic E-state index is 0.0869. The van der Waals surface area contributed by atoms with Gasteiger partial charge in [-0.1, -0.05) is 6.92 Å². The van der Waals surface area contributed by atoms with E-state index in [1.807, 2.05) is 17.9 Å². The summed E-state index contributed by atoms with van der Waals surface area (Å²) in [5.74, 6) is -0.786. The quantitative estimate of drug-likeness (QED) is 0.880. The van der Waals surface area contributed by atoms with Crippen molar-refractivity contribution in [2.45, 2.75) is 13.5 Å². The summed E-state index contributed by atoms with van der Waals surface area (Å²) in [6.45, 7) is 3.46. The molecule has 0 fully saturated rings. The second kappa shape index (κ2) is 5.98. The van der Waals surface area contributed by atoms with Crippen LogP contribution >= 0.6 is 43.2 Å². The smallest absolute Gasteiger partial charge is 0.317 e. The lowest BCUT2D eigenvalue weighted by molar-refractivity contribution is -0.138. The van der Waals surface area contributed by atoms with Crippen LogP contribution in [0.4, 0.5) is 0 Å². The fraction of sp³-hybridized carbons (Fsp3) is 0.444. The van der Waals surface area contributed by atoms with Crippen LogP contribution in [0, 0.1) is 0 Å². The highest BCUT2D eigenvalue weighted by Crippen LogP contribution is 2.32. The molecule has 0 aliphatic carbocycles. The number of rotatable bonds is 5. The number of carboxylic acid groups (broad SMARTS) is 1. The van der Waals surface area contributed by atoms with Crippen LogP contribution in [0.2, 0.25) is 0 Å². The summed E-state index contributed by atoms with van der Waals surface area (Å²) in [6, 6.07) is 2.01. The third kappa shape index (κ3) is 4.22. The molecule has 84 valence electrons. The largest absolute Gasteiger partial charge is 0.480 e. The summed E-state index contributed by atoms with van der Waals surface area (Å²) in [6.07, 6.45) is 0. The van der Waals surface area contributed by atoms with Crippen LogP contribution in [-0.2, 0) is 11.3 Å². The lowest BCUT2D eigenvalue weighted by atomic mass is 10.4. The first-order chi connectivity index (χ1) is 7.02. The standard InChI is InChI=1S/C9H11Br2NO2S/c1-2-12(5-8(13)14)4-6-3-7(10)9(11)15-6/h3H,2,4-5H2,1H3,(H,13,14). The van der Waals surface area contributed by atoms with Gasteiger partial charge in [0, 0.05) is 15.9 Å². The van der Waals surface area contributed by atoms with E-state index in [4.69, 9.17) is 5.11 Å². The highest BCUT2D eigenvalue weighted by atomic mass is 79.9. The molecule has 0 aliphatic rings. The Morgan fingerprint density at radius 1 is 1.60 bits per heavy atom. The minimum atomic E-state index is -0.786. The zero-order valence-electron chi connectivity index (χ0n) is 8.17. The SMILES string of the molecule is CCN(CC(=O)O)Cc1cc(Br)c(Br)s1. The van der Waals surface area contributed by atoms with Crippen molar-refractivity contribution in [3.8, 4) is 0 Å². The van der Waals surface area contributed by atoms with Crippen LogP contribution in [0.3, 0.4) is 0 Å². The molecule has 0 aromatic carbocycles. The zero-order valence-corrected chi connectivity index (χ0v) is 12.2. The fourth-order valence-electron chi connectivity index (χ4n) is 1.16. The monoisotopic (exact) mass is 355 g/mol. The Balaban J connectivity index is 2.62. The molecule has 6 heteroatoms. The van der Waals surface area contributed by atoms with Gasteiger partial charge in [-0.3, -0.25) is 9.69 Å². The predicted octanol–water partition coefficient (Wildman–Crippen LogP) is 3.18. The molecule has 1 N–H and O–H groups in total. The summed E-state index contributed by atoms with van der Waals surface area (Å²) >= 11 is 8.44. The summed E-state index contributed by atoms with van der Waals surface area (Å²) in [5, 5.41) is 8.70. The Morgan fingerprint density at radius 2 is 2.27 bits per heavy atom. The van der Waals surface area contributed by atoms with Gasteiger partial charge in [-0.15, -0.1) is 11.3 Å². The van der Waals surface area contributed by atoms with Crippen LogP contribution in [0.1, 0.15) is 11.8 Å². The summed E-state index contributed by atoms with van der Waals surface area (Å²) in [5.41, 5.74) is 0. The van der Waals surface area contributed by atoms with E-state index in [-0.39, 0.29) is 6.54 Å². The van der Waals surface area contributed by atoms with Crippen LogP contribution in [0.15, 0.2) is 14.3 Å². The van der Waals surface area contributed by atoms with Gasteiger partial charge in [-0.2, -0.15) is 0 Å². The Bertz CT molecular complexity index is 334. The maximum absolute atomic E-state index is 10.6. The third-order valence-electron chi connectivity index (χ3n) is 1.88. The van der Waals surface area contributed by atoms with E-state index in [0.29, 0.717) is 6.54 Å². The molecule has 1 heterocycles. The van der Waals surface area contributed by atoms with Crippen LogP contribution in [-0.4, -0.2) is 29.1 Å². The molecule has 1 rings (SSSR count). The van der Waals surface area contributed by atoms with Crippen LogP contribution in [0.25, 0.3) is 0 Å². The predicted molar refractivity (Wildman–Crippen MR) is 68.3 cm³/mol. The lowest BCUT2D eigenvalue weighted by Gasteiger charge is -2.16. The Labute approximate surface area is 109 Å². The Morgan fingerprint density at radius 3 is 2.67 bits per heavy atom. The molecule has 0 radical (unpaired) electrons. The number of aliphatic carboxylic acids is 1. The van der Waals surface area contributed by atoms with Crippen molar-refractivity contribution in [2.24, 2.45) is 0 Å². The molecule has 0 amide bonds. The topological polar surface area (TPSA) is 40.5 Å². The second-order valence-corrected chi connectivity index (χ2v) is 6.34. The number of thiophene rings is 1. The van der Waals surface area contributed by atoms with Crippen molar-refractivity contribution < 1.29 is 9.90 Å². The number of carbonyl (C=O) groups is 1. The van der Waals surface area contributed by atoms with Crippen molar-refractivity contribution in [1.82, 2.24) is 4.90 Å². The lowest BCUT2D eigenvalue weighted by Crippen LogP contribution is -2.28. The van der Waals surface area contributed by atoms with Gasteiger partial charge >= 0.3 is 5.97 Å². The second-order valence-electron chi connectivity index (χ2n) is 3.03. The molecular formula is C9H11Br2NO2S. The normalized spacial score (nSPS) is 10.9. The molecule has 15 heavy (non-hydrogen) atoms. The van der Waals surface area contributed by atoms with Crippen molar-refractivity contribution in [2.75, 3.05) is 13.1 Å². The first-order valence-electron chi connectivity index (χ1n) is 4.40. The van der Waals surface area contributed by atoms with Crippen molar-refractivity contribution in [3.63, 3.8) is 0 Å². The molecule has 1 aromatic rings. The van der Waals surface area contributed by atoms with Crippen molar-refractivity contribution in [1.29, 1.82) is 0 Å². The van der Waals surface area contributed by atoms with Gasteiger partial charge in [-0.05, 0) is 44.5 Å². The highest BCUT2D eigenvalue weighted by molar-refractivity contribution is 9.13. The van der Waals surface area contributed by atoms with E-state index in [0.717, 1.165) is 19.7 Å². The van der Waals surface area contributed by atoms with Gasteiger partial charge in [0.05, 0.1) is 10.3 Å². The molecule has 3 nitrogen and oxygen atoms in total. The van der Waals surface area contributed by atoms with E-state index in [1.165, 1.54) is 0 Å². The van der Waals surface area contributed by atoms with E-state index >= 15 is 0 Å². The average molecular weight is 357 g/mol. The number of hydrogen-bond acceptors (Lipinski definition) is 3. The van der Waals surface area contributed by atoms with Gasteiger partial charge in [0.25, 0.3) is 0 Å². The van der Waals surface area contributed by atoms with Crippen molar-refractivity contribution in [3.05, 3.63) is 19.2 Å². The fourth-order valence-corrected chi connectivity index (χ4v) is 3.38. The molecule has 0 atom stereocenters. The first-order valence-corrected chi connectivity index (χ1v) is 6.81. The third-order valence-corrected chi connectivity index (χ3v) is 5.12. The molecule has 0 aliphatic heterocycles. The van der Waals surface area contributed by atoms with E-state index in [2.05, 4.69) is 31.9 Å². The maximum Gasteiger partial charge on any atom is 0.317 e. The average Bonchev–Trinajstić information content (AvgIpc) is 2.44. The highest BCUT2D eigenvalue weighted by Gasteiger charge is 2.11. The van der Waals surface area contributed by atoms with Gasteiger partial charge < -0.3 is 5.11 Å². The van der Waals surface area contributed by atoms with Gasteiger partial charge in [0.15, 0.2) is 0 Å².